The Morgan fingerprint density at radius 1 is 1.16 bits per heavy atom. The molecule has 1 N–H and O–H groups in total. The number of hydrogen-bond donors (Lipinski definition) is 1. The van der Waals surface area contributed by atoms with Crippen molar-refractivity contribution in [3.63, 3.8) is 0 Å². The second-order valence-corrected chi connectivity index (χ2v) is 11.0. The maximum Gasteiger partial charge on any atom is 0.331 e. The van der Waals surface area contributed by atoms with Crippen LogP contribution in [-0.4, -0.2) is 45.9 Å². The number of rotatable bonds is 1. The maximum atomic E-state index is 13.9. The van der Waals surface area contributed by atoms with Crippen LogP contribution in [0.25, 0.3) is 0 Å². The second kappa shape index (κ2) is 5.33. The van der Waals surface area contributed by atoms with Crippen molar-refractivity contribution in [1.29, 1.82) is 0 Å². The first-order valence-electron chi connectivity index (χ1n) is 10.9. The highest BCUT2D eigenvalue weighted by atomic mass is 16.6. The monoisotopic (exact) mass is 440 g/mol. The minimum absolute atomic E-state index is 0.0140. The van der Waals surface area contributed by atoms with Gasteiger partial charge in [-0.1, -0.05) is 19.6 Å². The van der Waals surface area contributed by atoms with E-state index >= 15 is 0 Å². The Labute approximate surface area is 186 Å². The van der Waals surface area contributed by atoms with E-state index in [2.05, 4.69) is 6.58 Å². The molecule has 2 saturated carbocycles. The molecule has 0 aromatic carbocycles. The summed E-state index contributed by atoms with van der Waals surface area (Å²) >= 11 is 0. The minimum Gasteiger partial charge on any atom is -0.458 e. The Morgan fingerprint density at radius 2 is 1.78 bits per heavy atom. The zero-order valence-corrected chi connectivity index (χ0v) is 19.3. The third-order valence-electron chi connectivity index (χ3n) is 9.44. The van der Waals surface area contributed by atoms with E-state index in [0.717, 1.165) is 0 Å². The Morgan fingerprint density at radius 3 is 2.38 bits per heavy atom. The van der Waals surface area contributed by atoms with Crippen LogP contribution < -0.4 is 0 Å². The lowest BCUT2D eigenvalue weighted by atomic mass is 9.36. The van der Waals surface area contributed by atoms with Gasteiger partial charge in [-0.25, -0.2) is 4.79 Å². The quantitative estimate of drug-likeness (QED) is 0.493. The smallest absolute Gasteiger partial charge is 0.331 e. The SMILES string of the molecule is C=C1[C@@]2(C)C[C@]3(C(C)=O)C4=CC(=O)OC(C)(C)C4=CC[C@]3(C)[C@]13C(=O)O[C@@H](C)[C@@]3(O)C2=O. The van der Waals surface area contributed by atoms with Crippen LogP contribution in [0.1, 0.15) is 54.4 Å². The molecule has 0 aromatic heterocycles. The van der Waals surface area contributed by atoms with Crippen LogP contribution in [0.2, 0.25) is 0 Å². The van der Waals surface area contributed by atoms with Crippen molar-refractivity contribution in [3.05, 3.63) is 35.5 Å². The van der Waals surface area contributed by atoms with Crippen LogP contribution in [0.4, 0.5) is 0 Å². The zero-order chi connectivity index (χ0) is 23.9. The van der Waals surface area contributed by atoms with Gasteiger partial charge < -0.3 is 14.6 Å². The van der Waals surface area contributed by atoms with Crippen molar-refractivity contribution in [1.82, 2.24) is 0 Å². The lowest BCUT2D eigenvalue weighted by Gasteiger charge is -2.64. The van der Waals surface area contributed by atoms with Crippen LogP contribution in [0.15, 0.2) is 35.5 Å². The first kappa shape index (κ1) is 21.3. The van der Waals surface area contributed by atoms with E-state index in [-0.39, 0.29) is 18.6 Å². The molecule has 2 aliphatic heterocycles. The number of cyclic esters (lactones) is 2. The Hall–Kier alpha value is -2.54. The standard InChI is InChI=1S/C25H28O7/c1-12-21(6)11-23(13(2)26)16-10-17(27)32-20(4,5)15(16)8-9-22(23,7)24(12)19(29)31-14(3)25(24,30)18(21)28/h8,10,14,30H,1,9,11H2,2-7H3/t14-,21+,22-,23-,24+,25+/m0/s1. The summed E-state index contributed by atoms with van der Waals surface area (Å²) in [5, 5.41) is 12.0. The van der Waals surface area contributed by atoms with Gasteiger partial charge in [0.05, 0.1) is 10.8 Å². The van der Waals surface area contributed by atoms with Gasteiger partial charge in [-0.3, -0.25) is 14.4 Å². The average molecular weight is 440 g/mol. The molecule has 0 radical (unpaired) electrons. The predicted molar refractivity (Wildman–Crippen MR) is 112 cm³/mol. The maximum absolute atomic E-state index is 13.9. The van der Waals surface area contributed by atoms with Crippen molar-refractivity contribution in [2.45, 2.75) is 71.7 Å². The predicted octanol–water partition coefficient (Wildman–Crippen LogP) is 2.37. The topological polar surface area (TPSA) is 107 Å². The van der Waals surface area contributed by atoms with E-state index in [1.807, 2.05) is 6.08 Å². The number of allylic oxidation sites excluding steroid dienone is 1. The average Bonchev–Trinajstić information content (AvgIpc) is 2.93. The number of aliphatic hydroxyl groups is 1. The molecule has 0 unspecified atom stereocenters. The fourth-order valence-electron chi connectivity index (χ4n) is 7.98. The summed E-state index contributed by atoms with van der Waals surface area (Å²) in [5.41, 5.74) is -7.54. The molecular weight excluding hydrogens is 412 g/mol. The third-order valence-corrected chi connectivity index (χ3v) is 9.44. The molecule has 7 heteroatoms. The fourth-order valence-corrected chi connectivity index (χ4v) is 7.98. The lowest BCUT2D eigenvalue weighted by Crippen LogP contribution is -2.68. The van der Waals surface area contributed by atoms with E-state index in [9.17, 15) is 24.3 Å². The van der Waals surface area contributed by atoms with E-state index in [1.165, 1.54) is 19.9 Å². The Bertz CT molecular complexity index is 1140. The first-order chi connectivity index (χ1) is 14.6. The van der Waals surface area contributed by atoms with Crippen molar-refractivity contribution in [3.8, 4) is 0 Å². The molecule has 3 aliphatic carbocycles. The van der Waals surface area contributed by atoms with Crippen LogP contribution in [-0.2, 0) is 28.7 Å². The van der Waals surface area contributed by atoms with E-state index in [1.54, 1.807) is 27.7 Å². The third kappa shape index (κ3) is 1.66. The Balaban J connectivity index is 1.96. The van der Waals surface area contributed by atoms with Crippen LogP contribution >= 0.6 is 0 Å². The number of Topliss-reactive ketones (excluding diaryl/α,β-unsaturated/α-hetero) is 2. The number of esters is 2. The van der Waals surface area contributed by atoms with Crippen molar-refractivity contribution in [2.75, 3.05) is 0 Å². The zero-order valence-electron chi connectivity index (χ0n) is 19.3. The molecule has 7 nitrogen and oxygen atoms in total. The minimum atomic E-state index is -2.15. The molecule has 0 amide bonds. The summed E-state index contributed by atoms with van der Waals surface area (Å²) in [6.45, 7) is 14.0. The van der Waals surface area contributed by atoms with Gasteiger partial charge >= 0.3 is 11.9 Å². The van der Waals surface area contributed by atoms with Gasteiger partial charge in [-0.05, 0) is 64.2 Å². The first-order valence-corrected chi connectivity index (χ1v) is 10.9. The molecule has 3 fully saturated rings. The van der Waals surface area contributed by atoms with Gasteiger partial charge in [-0.2, -0.15) is 0 Å². The molecule has 6 atom stereocenters. The second-order valence-electron chi connectivity index (χ2n) is 11.0. The molecule has 5 rings (SSSR count). The highest BCUT2D eigenvalue weighted by Gasteiger charge is 2.91. The molecule has 2 heterocycles. The highest BCUT2D eigenvalue weighted by Crippen LogP contribution is 2.82. The van der Waals surface area contributed by atoms with Crippen LogP contribution in [0, 0.1) is 21.7 Å². The van der Waals surface area contributed by atoms with E-state index in [4.69, 9.17) is 9.47 Å². The molecule has 170 valence electrons. The lowest BCUT2D eigenvalue weighted by molar-refractivity contribution is -0.174. The highest BCUT2D eigenvalue weighted by molar-refractivity contribution is 6.13. The van der Waals surface area contributed by atoms with Crippen molar-refractivity contribution < 1.29 is 33.8 Å². The van der Waals surface area contributed by atoms with E-state index < -0.39 is 56.7 Å². The van der Waals surface area contributed by atoms with Crippen LogP contribution in [0.5, 0.6) is 0 Å². The molecule has 5 aliphatic rings. The van der Waals surface area contributed by atoms with Gasteiger partial charge in [0.15, 0.2) is 11.4 Å². The summed E-state index contributed by atoms with van der Waals surface area (Å²) in [6, 6.07) is 0. The van der Waals surface area contributed by atoms with Gasteiger partial charge in [0.1, 0.15) is 22.9 Å². The summed E-state index contributed by atoms with van der Waals surface area (Å²) in [7, 11) is 0. The van der Waals surface area contributed by atoms with Gasteiger partial charge in [0, 0.05) is 11.5 Å². The molecule has 0 aromatic rings. The van der Waals surface area contributed by atoms with Crippen molar-refractivity contribution >= 4 is 23.5 Å². The fraction of sp³-hybridized carbons (Fsp3) is 0.600. The van der Waals surface area contributed by atoms with Crippen molar-refractivity contribution in [2.24, 2.45) is 21.7 Å². The Kier molecular flexibility index (Phi) is 3.55. The normalized spacial score (nSPS) is 48.2. The molecular formula is C25H28O7. The number of hydrogen-bond acceptors (Lipinski definition) is 7. The van der Waals surface area contributed by atoms with Gasteiger partial charge in [-0.15, -0.1) is 0 Å². The molecule has 2 bridgehead atoms. The summed E-state index contributed by atoms with van der Waals surface area (Å²) < 4.78 is 11.1. The molecule has 32 heavy (non-hydrogen) atoms. The number of fused-ring (bicyclic) bond motifs is 4. The number of ether oxygens (including phenoxy) is 2. The largest absolute Gasteiger partial charge is 0.458 e. The molecule has 1 spiro atoms. The summed E-state index contributed by atoms with van der Waals surface area (Å²) in [6.07, 6.45) is 2.31. The molecule has 1 saturated heterocycles. The van der Waals surface area contributed by atoms with Gasteiger partial charge in [0.25, 0.3) is 0 Å². The van der Waals surface area contributed by atoms with Crippen LogP contribution in [0.3, 0.4) is 0 Å². The summed E-state index contributed by atoms with van der Waals surface area (Å²) in [4.78, 5) is 53.8. The summed E-state index contributed by atoms with van der Waals surface area (Å²) in [5.74, 6) is -2.15. The number of carbonyl (C=O) groups excluding carboxylic acids is 4. The number of carbonyl (C=O) groups is 4. The van der Waals surface area contributed by atoms with Gasteiger partial charge in [0.2, 0.25) is 0 Å². The van der Waals surface area contributed by atoms with E-state index in [0.29, 0.717) is 16.7 Å². The number of ketones is 2.